The van der Waals surface area contributed by atoms with Crippen molar-refractivity contribution in [1.29, 1.82) is 0 Å². The highest BCUT2D eigenvalue weighted by Crippen LogP contribution is 2.22. The van der Waals surface area contributed by atoms with E-state index in [0.29, 0.717) is 29.0 Å². The summed E-state index contributed by atoms with van der Waals surface area (Å²) in [7, 11) is 0. The summed E-state index contributed by atoms with van der Waals surface area (Å²) in [6.45, 7) is 4.22. The van der Waals surface area contributed by atoms with Gasteiger partial charge in [-0.2, -0.15) is 0 Å². The number of hydrogen-bond donors (Lipinski definition) is 1. The molecular weight excluding hydrogens is 314 g/mol. The molecule has 0 bridgehead atoms. The minimum absolute atomic E-state index is 0.305. The molecule has 1 amide bonds. The van der Waals surface area contributed by atoms with Gasteiger partial charge in [-0.3, -0.25) is 4.79 Å². The van der Waals surface area contributed by atoms with Gasteiger partial charge in [-0.15, -0.1) is 6.42 Å². The fourth-order valence-electron chi connectivity index (χ4n) is 2.29. The molecule has 0 saturated heterocycles. The Morgan fingerprint density at radius 3 is 2.52 bits per heavy atom. The maximum absolute atomic E-state index is 12.5. The van der Waals surface area contributed by atoms with Crippen molar-refractivity contribution in [1.82, 2.24) is 0 Å². The van der Waals surface area contributed by atoms with Crippen LogP contribution in [0.2, 0.25) is 0 Å². The Labute approximate surface area is 148 Å². The molecule has 0 fully saturated rings. The van der Waals surface area contributed by atoms with Gasteiger partial charge in [0.1, 0.15) is 0 Å². The van der Waals surface area contributed by atoms with Gasteiger partial charge in [-0.05, 0) is 49.2 Å². The lowest BCUT2D eigenvalue weighted by Crippen LogP contribution is -2.17. The van der Waals surface area contributed by atoms with Crippen LogP contribution >= 0.6 is 0 Å². The van der Waals surface area contributed by atoms with E-state index < -0.39 is 5.97 Å². The van der Waals surface area contributed by atoms with E-state index in [0.717, 1.165) is 18.4 Å². The van der Waals surface area contributed by atoms with E-state index in [2.05, 4.69) is 11.2 Å². The summed E-state index contributed by atoms with van der Waals surface area (Å²) in [5, 5.41) is 2.81. The van der Waals surface area contributed by atoms with E-state index in [9.17, 15) is 9.59 Å². The molecule has 128 valence electrons. The molecular formula is C21H21NO3. The van der Waals surface area contributed by atoms with Crippen LogP contribution in [-0.2, 0) is 4.74 Å². The van der Waals surface area contributed by atoms with E-state index in [1.54, 1.807) is 36.4 Å². The van der Waals surface area contributed by atoms with Crippen LogP contribution in [0.4, 0.5) is 5.69 Å². The number of aryl methyl sites for hydroxylation is 1. The second-order valence-corrected chi connectivity index (χ2v) is 5.66. The van der Waals surface area contributed by atoms with Gasteiger partial charge < -0.3 is 10.1 Å². The number of terminal acetylenes is 1. The first kappa shape index (κ1) is 18.3. The maximum atomic E-state index is 12.5. The van der Waals surface area contributed by atoms with Crippen LogP contribution in [0, 0.1) is 19.3 Å². The predicted octanol–water partition coefficient (Wildman–Crippen LogP) is 4.19. The molecule has 0 radical (unpaired) electrons. The lowest BCUT2D eigenvalue weighted by Gasteiger charge is -2.13. The van der Waals surface area contributed by atoms with Crippen LogP contribution in [0.1, 0.15) is 51.6 Å². The molecule has 0 aliphatic rings. The fourth-order valence-corrected chi connectivity index (χ4v) is 2.29. The van der Waals surface area contributed by atoms with E-state index in [1.807, 2.05) is 19.9 Å². The molecule has 0 spiro atoms. The van der Waals surface area contributed by atoms with Gasteiger partial charge in [0, 0.05) is 11.1 Å². The monoisotopic (exact) mass is 335 g/mol. The molecule has 4 nitrogen and oxygen atoms in total. The van der Waals surface area contributed by atoms with Crippen LogP contribution in [0.15, 0.2) is 42.5 Å². The van der Waals surface area contributed by atoms with Crippen molar-refractivity contribution in [2.45, 2.75) is 26.7 Å². The number of anilines is 1. The molecule has 2 rings (SSSR count). The minimum atomic E-state index is -0.435. The summed E-state index contributed by atoms with van der Waals surface area (Å²) in [6.07, 6.45) is 7.07. The maximum Gasteiger partial charge on any atom is 0.340 e. The molecule has 0 aliphatic carbocycles. The Morgan fingerprint density at radius 1 is 1.16 bits per heavy atom. The fraction of sp³-hybridized carbons (Fsp3) is 0.238. The smallest absolute Gasteiger partial charge is 0.340 e. The van der Waals surface area contributed by atoms with Gasteiger partial charge in [0.05, 0.1) is 17.9 Å². The van der Waals surface area contributed by atoms with Crippen LogP contribution in [-0.4, -0.2) is 18.5 Å². The molecule has 2 aromatic rings. The van der Waals surface area contributed by atoms with Crippen molar-refractivity contribution in [2.75, 3.05) is 11.9 Å². The van der Waals surface area contributed by atoms with Crippen LogP contribution in [0.3, 0.4) is 0 Å². The van der Waals surface area contributed by atoms with E-state index in [4.69, 9.17) is 11.2 Å². The number of para-hydroxylation sites is 1. The Morgan fingerprint density at radius 2 is 1.88 bits per heavy atom. The number of hydrogen-bond acceptors (Lipinski definition) is 3. The van der Waals surface area contributed by atoms with E-state index in [-0.39, 0.29) is 5.91 Å². The van der Waals surface area contributed by atoms with Gasteiger partial charge >= 0.3 is 5.97 Å². The molecule has 0 aromatic heterocycles. The number of amides is 1. The Balaban J connectivity index is 2.21. The van der Waals surface area contributed by atoms with Gasteiger partial charge in [-0.1, -0.05) is 31.4 Å². The first-order valence-electron chi connectivity index (χ1n) is 8.21. The third-order valence-corrected chi connectivity index (χ3v) is 3.78. The van der Waals surface area contributed by atoms with Crippen LogP contribution in [0.25, 0.3) is 0 Å². The quantitative estimate of drug-likeness (QED) is 0.489. The molecule has 2 aromatic carbocycles. The zero-order valence-corrected chi connectivity index (χ0v) is 14.5. The van der Waals surface area contributed by atoms with Crippen molar-refractivity contribution in [2.24, 2.45) is 0 Å². The zero-order valence-electron chi connectivity index (χ0n) is 14.5. The van der Waals surface area contributed by atoms with E-state index >= 15 is 0 Å². The number of rotatable bonds is 6. The van der Waals surface area contributed by atoms with Crippen molar-refractivity contribution in [3.8, 4) is 12.3 Å². The second-order valence-electron chi connectivity index (χ2n) is 5.66. The standard InChI is InChI=1S/C21H21NO3/c1-4-6-14-25-21(24)18-9-7-8-15(3)19(18)22-20(23)17-12-10-16(5-2)11-13-17/h2,7-13H,4,6,14H2,1,3H3,(H,22,23). The molecule has 25 heavy (non-hydrogen) atoms. The SMILES string of the molecule is C#Cc1ccc(C(=O)Nc2c(C)cccc2C(=O)OCCCC)cc1. The number of esters is 1. The molecule has 0 saturated carbocycles. The molecule has 0 unspecified atom stereocenters. The van der Waals surface area contributed by atoms with Crippen molar-refractivity contribution in [3.05, 3.63) is 64.7 Å². The van der Waals surface area contributed by atoms with Crippen molar-refractivity contribution in [3.63, 3.8) is 0 Å². The number of carbonyl (C=O) groups is 2. The lowest BCUT2D eigenvalue weighted by atomic mass is 10.1. The van der Waals surface area contributed by atoms with Gasteiger partial charge in [0.25, 0.3) is 5.91 Å². The topological polar surface area (TPSA) is 55.4 Å². The first-order chi connectivity index (χ1) is 12.1. The molecule has 0 heterocycles. The average molecular weight is 335 g/mol. The first-order valence-corrected chi connectivity index (χ1v) is 8.21. The Kier molecular flexibility index (Phi) is 6.36. The van der Waals surface area contributed by atoms with Crippen LogP contribution < -0.4 is 5.32 Å². The molecule has 0 atom stereocenters. The summed E-state index contributed by atoms with van der Waals surface area (Å²) < 4.78 is 5.27. The predicted molar refractivity (Wildman–Crippen MR) is 98.7 cm³/mol. The summed E-state index contributed by atoms with van der Waals surface area (Å²) in [5.41, 5.74) is 2.78. The largest absolute Gasteiger partial charge is 0.462 e. The summed E-state index contributed by atoms with van der Waals surface area (Å²) >= 11 is 0. The van der Waals surface area contributed by atoms with Crippen molar-refractivity contribution < 1.29 is 14.3 Å². The zero-order chi connectivity index (χ0) is 18.2. The van der Waals surface area contributed by atoms with Crippen molar-refractivity contribution >= 4 is 17.6 Å². The minimum Gasteiger partial charge on any atom is -0.462 e. The Hall–Kier alpha value is -3.06. The van der Waals surface area contributed by atoms with E-state index in [1.165, 1.54) is 0 Å². The van der Waals surface area contributed by atoms with Gasteiger partial charge in [0.15, 0.2) is 0 Å². The van der Waals surface area contributed by atoms with Gasteiger partial charge in [0.2, 0.25) is 0 Å². The number of nitrogens with one attached hydrogen (secondary N) is 1. The Bertz CT molecular complexity index is 801. The lowest BCUT2D eigenvalue weighted by molar-refractivity contribution is 0.0501. The highest BCUT2D eigenvalue weighted by molar-refractivity contribution is 6.08. The normalized spacial score (nSPS) is 9.96. The summed E-state index contributed by atoms with van der Waals surface area (Å²) in [5.74, 6) is 1.77. The van der Waals surface area contributed by atoms with Gasteiger partial charge in [-0.25, -0.2) is 4.79 Å². The third kappa shape index (κ3) is 4.71. The number of carbonyl (C=O) groups excluding carboxylic acids is 2. The number of benzene rings is 2. The molecule has 4 heteroatoms. The van der Waals surface area contributed by atoms with Crippen LogP contribution in [0.5, 0.6) is 0 Å². The highest BCUT2D eigenvalue weighted by atomic mass is 16.5. The second kappa shape index (κ2) is 8.70. The summed E-state index contributed by atoms with van der Waals surface area (Å²) in [6, 6.07) is 12.0. The average Bonchev–Trinajstić information content (AvgIpc) is 2.63. The number of unbranched alkanes of at least 4 members (excludes halogenated alkanes) is 1. The summed E-state index contributed by atoms with van der Waals surface area (Å²) in [4.78, 5) is 24.8. The molecule has 1 N–H and O–H groups in total. The third-order valence-electron chi connectivity index (χ3n) is 3.78. The number of ether oxygens (including phenoxy) is 1. The highest BCUT2D eigenvalue weighted by Gasteiger charge is 2.17. The molecule has 0 aliphatic heterocycles.